The Morgan fingerprint density at radius 3 is 2.17 bits per heavy atom. The van der Waals surface area contributed by atoms with Crippen LogP contribution in [0.1, 0.15) is 89.1 Å². The highest BCUT2D eigenvalue weighted by molar-refractivity contribution is 5.78. The SMILES string of the molecule is CCCCCC(=O)CCc1ccc(CCCCCCCC(=O)O)o1. The van der Waals surface area contributed by atoms with E-state index in [1.165, 1.54) is 0 Å². The molecule has 0 aliphatic heterocycles. The third-order valence-electron chi connectivity index (χ3n) is 4.24. The molecule has 0 bridgehead atoms. The molecule has 0 saturated heterocycles. The molecular weight excluding hydrogens is 304 g/mol. The van der Waals surface area contributed by atoms with E-state index in [1.54, 1.807) is 0 Å². The van der Waals surface area contributed by atoms with Gasteiger partial charge < -0.3 is 9.52 Å². The third kappa shape index (κ3) is 10.2. The highest BCUT2D eigenvalue weighted by atomic mass is 16.4. The molecule has 0 amide bonds. The number of aryl methyl sites for hydroxylation is 2. The molecule has 0 radical (unpaired) electrons. The number of carbonyl (C=O) groups is 2. The standard InChI is InChI=1S/C20H32O4/c1-2-3-7-10-17(21)13-14-19-16-15-18(24-19)11-8-5-4-6-9-12-20(22)23/h15-16H,2-14H2,1H3,(H,22,23). The average Bonchev–Trinajstić information content (AvgIpc) is 3.00. The summed E-state index contributed by atoms with van der Waals surface area (Å²) in [6, 6.07) is 4.00. The van der Waals surface area contributed by atoms with E-state index < -0.39 is 5.97 Å². The van der Waals surface area contributed by atoms with Crippen molar-refractivity contribution < 1.29 is 19.1 Å². The first kappa shape index (κ1) is 20.5. The molecule has 1 rings (SSSR count). The van der Waals surface area contributed by atoms with Gasteiger partial charge in [0.05, 0.1) is 0 Å². The van der Waals surface area contributed by atoms with E-state index in [9.17, 15) is 9.59 Å². The molecule has 1 heterocycles. The Kier molecular flexibility index (Phi) is 10.9. The minimum atomic E-state index is -0.707. The number of hydrogen-bond acceptors (Lipinski definition) is 3. The molecule has 0 atom stereocenters. The van der Waals surface area contributed by atoms with Crippen molar-refractivity contribution >= 4 is 11.8 Å². The van der Waals surface area contributed by atoms with Crippen molar-refractivity contribution in [3.05, 3.63) is 23.7 Å². The molecule has 0 aromatic carbocycles. The van der Waals surface area contributed by atoms with Crippen LogP contribution in [0.4, 0.5) is 0 Å². The molecule has 136 valence electrons. The molecule has 24 heavy (non-hydrogen) atoms. The number of carboxylic acid groups (broad SMARTS) is 1. The molecule has 0 fully saturated rings. The molecule has 0 saturated carbocycles. The zero-order chi connectivity index (χ0) is 17.6. The highest BCUT2D eigenvalue weighted by Gasteiger charge is 2.06. The van der Waals surface area contributed by atoms with Gasteiger partial charge >= 0.3 is 5.97 Å². The van der Waals surface area contributed by atoms with Gasteiger partial charge in [0.25, 0.3) is 0 Å². The fraction of sp³-hybridized carbons (Fsp3) is 0.700. The highest BCUT2D eigenvalue weighted by Crippen LogP contribution is 2.15. The zero-order valence-corrected chi connectivity index (χ0v) is 15.0. The third-order valence-corrected chi connectivity index (χ3v) is 4.24. The van der Waals surface area contributed by atoms with E-state index in [1.807, 2.05) is 12.1 Å². The van der Waals surface area contributed by atoms with Crippen molar-refractivity contribution in [2.75, 3.05) is 0 Å². The summed E-state index contributed by atoms with van der Waals surface area (Å²) in [5.41, 5.74) is 0. The normalized spacial score (nSPS) is 10.9. The van der Waals surface area contributed by atoms with Gasteiger partial charge in [0, 0.05) is 32.1 Å². The lowest BCUT2D eigenvalue weighted by molar-refractivity contribution is -0.137. The van der Waals surface area contributed by atoms with Gasteiger partial charge in [0.2, 0.25) is 0 Å². The van der Waals surface area contributed by atoms with E-state index in [-0.39, 0.29) is 6.42 Å². The maximum Gasteiger partial charge on any atom is 0.303 e. The van der Waals surface area contributed by atoms with Crippen LogP contribution in [0, 0.1) is 0 Å². The van der Waals surface area contributed by atoms with Gasteiger partial charge in [-0.25, -0.2) is 0 Å². The second-order valence-corrected chi connectivity index (χ2v) is 6.53. The minimum Gasteiger partial charge on any atom is -0.481 e. The average molecular weight is 336 g/mol. The summed E-state index contributed by atoms with van der Waals surface area (Å²) >= 11 is 0. The second kappa shape index (κ2) is 12.8. The summed E-state index contributed by atoms with van der Waals surface area (Å²) in [5.74, 6) is 1.54. The maximum atomic E-state index is 11.8. The van der Waals surface area contributed by atoms with Crippen LogP contribution in [0.2, 0.25) is 0 Å². The van der Waals surface area contributed by atoms with Gasteiger partial charge in [-0.2, -0.15) is 0 Å². The monoisotopic (exact) mass is 336 g/mol. The fourth-order valence-electron chi connectivity index (χ4n) is 2.76. The van der Waals surface area contributed by atoms with E-state index in [4.69, 9.17) is 9.52 Å². The molecule has 1 aromatic rings. The smallest absolute Gasteiger partial charge is 0.303 e. The van der Waals surface area contributed by atoms with Gasteiger partial charge in [-0.1, -0.05) is 39.0 Å². The predicted octanol–water partition coefficient (Wildman–Crippen LogP) is 5.33. The summed E-state index contributed by atoms with van der Waals surface area (Å²) in [6.07, 6.45) is 11.5. The molecule has 0 aliphatic rings. The van der Waals surface area contributed by atoms with Crippen LogP contribution in [0.25, 0.3) is 0 Å². The van der Waals surface area contributed by atoms with Crippen molar-refractivity contribution in [3.63, 3.8) is 0 Å². The van der Waals surface area contributed by atoms with Crippen molar-refractivity contribution in [3.8, 4) is 0 Å². The Hall–Kier alpha value is -1.58. The molecule has 0 spiro atoms. The van der Waals surface area contributed by atoms with E-state index in [0.29, 0.717) is 25.0 Å². The first-order valence-electron chi connectivity index (χ1n) is 9.43. The number of rotatable bonds is 15. The van der Waals surface area contributed by atoms with E-state index >= 15 is 0 Å². The quantitative estimate of drug-likeness (QED) is 0.440. The molecule has 4 heteroatoms. The number of furan rings is 1. The molecule has 1 N–H and O–H groups in total. The van der Waals surface area contributed by atoms with Crippen molar-refractivity contribution in [2.45, 2.75) is 90.4 Å². The molecule has 1 aromatic heterocycles. The number of carboxylic acids is 1. The second-order valence-electron chi connectivity index (χ2n) is 6.53. The molecule has 0 aliphatic carbocycles. The summed E-state index contributed by atoms with van der Waals surface area (Å²) in [5, 5.41) is 8.57. The Morgan fingerprint density at radius 1 is 0.833 bits per heavy atom. The van der Waals surface area contributed by atoms with Crippen molar-refractivity contribution in [1.82, 2.24) is 0 Å². The largest absolute Gasteiger partial charge is 0.481 e. The Balaban J connectivity index is 2.08. The maximum absolute atomic E-state index is 11.8. The number of Topliss-reactive ketones (excluding diaryl/α,β-unsaturated/α-hetero) is 1. The summed E-state index contributed by atoms with van der Waals surface area (Å²) < 4.78 is 5.79. The summed E-state index contributed by atoms with van der Waals surface area (Å²) in [4.78, 5) is 22.2. The predicted molar refractivity (Wildman–Crippen MR) is 95.2 cm³/mol. The lowest BCUT2D eigenvalue weighted by Crippen LogP contribution is -1.99. The lowest BCUT2D eigenvalue weighted by atomic mass is 10.1. The van der Waals surface area contributed by atoms with E-state index in [0.717, 1.165) is 69.3 Å². The van der Waals surface area contributed by atoms with Crippen LogP contribution in [-0.4, -0.2) is 16.9 Å². The topological polar surface area (TPSA) is 67.5 Å². The van der Waals surface area contributed by atoms with Crippen LogP contribution in [-0.2, 0) is 22.4 Å². The Morgan fingerprint density at radius 2 is 1.46 bits per heavy atom. The Bertz CT molecular complexity index is 476. The summed E-state index contributed by atoms with van der Waals surface area (Å²) in [7, 11) is 0. The van der Waals surface area contributed by atoms with Gasteiger partial charge in [0.15, 0.2) is 0 Å². The Labute approximate surface area is 145 Å². The van der Waals surface area contributed by atoms with Crippen molar-refractivity contribution in [2.24, 2.45) is 0 Å². The van der Waals surface area contributed by atoms with Crippen LogP contribution >= 0.6 is 0 Å². The van der Waals surface area contributed by atoms with E-state index in [2.05, 4.69) is 6.92 Å². The van der Waals surface area contributed by atoms with Crippen molar-refractivity contribution in [1.29, 1.82) is 0 Å². The lowest BCUT2D eigenvalue weighted by Gasteiger charge is -2.00. The van der Waals surface area contributed by atoms with Gasteiger partial charge in [-0.3, -0.25) is 9.59 Å². The van der Waals surface area contributed by atoms with Crippen LogP contribution < -0.4 is 0 Å². The number of hydrogen-bond donors (Lipinski definition) is 1. The van der Waals surface area contributed by atoms with Crippen LogP contribution in [0.15, 0.2) is 16.5 Å². The van der Waals surface area contributed by atoms with Gasteiger partial charge in [0.1, 0.15) is 17.3 Å². The van der Waals surface area contributed by atoms with Gasteiger partial charge in [-0.15, -0.1) is 0 Å². The molecule has 4 nitrogen and oxygen atoms in total. The molecule has 0 unspecified atom stereocenters. The first-order valence-corrected chi connectivity index (χ1v) is 9.43. The number of ketones is 1. The zero-order valence-electron chi connectivity index (χ0n) is 15.0. The van der Waals surface area contributed by atoms with Crippen LogP contribution in [0.3, 0.4) is 0 Å². The molecular formula is C20H32O4. The first-order chi connectivity index (χ1) is 11.6. The number of aliphatic carboxylic acids is 1. The summed E-state index contributed by atoms with van der Waals surface area (Å²) in [6.45, 7) is 2.14. The minimum absolute atomic E-state index is 0.276. The number of carbonyl (C=O) groups excluding carboxylic acids is 1. The number of unbranched alkanes of at least 4 members (excludes halogenated alkanes) is 6. The fourth-order valence-corrected chi connectivity index (χ4v) is 2.76. The van der Waals surface area contributed by atoms with Gasteiger partial charge in [-0.05, 0) is 31.4 Å². The van der Waals surface area contributed by atoms with Crippen LogP contribution in [0.5, 0.6) is 0 Å².